The molecule has 7 heteroatoms. The predicted octanol–water partition coefficient (Wildman–Crippen LogP) is 1.80. The third-order valence-electron chi connectivity index (χ3n) is 3.22. The van der Waals surface area contributed by atoms with E-state index in [0.29, 0.717) is 36.6 Å². The van der Waals surface area contributed by atoms with E-state index >= 15 is 0 Å². The molecule has 0 atom stereocenters. The van der Waals surface area contributed by atoms with Crippen molar-refractivity contribution in [2.45, 2.75) is 13.8 Å². The topological polar surface area (TPSA) is 93.9 Å². The lowest BCUT2D eigenvalue weighted by atomic mass is 10.2. The van der Waals surface area contributed by atoms with E-state index in [1.165, 1.54) is 6.92 Å². The highest BCUT2D eigenvalue weighted by Gasteiger charge is 2.11. The molecule has 0 saturated heterocycles. The van der Waals surface area contributed by atoms with Crippen LogP contribution >= 0.6 is 0 Å². The minimum Gasteiger partial charge on any atom is -0.460 e. The third kappa shape index (κ3) is 6.29. The van der Waals surface area contributed by atoms with Crippen LogP contribution in [0.2, 0.25) is 0 Å². The van der Waals surface area contributed by atoms with Crippen LogP contribution in [0.5, 0.6) is 0 Å². The number of amides is 1. The lowest BCUT2D eigenvalue weighted by molar-refractivity contribution is -0.138. The molecule has 1 rings (SSSR count). The summed E-state index contributed by atoms with van der Waals surface area (Å²) in [5.41, 5.74) is 8.10. The summed E-state index contributed by atoms with van der Waals surface area (Å²) in [4.78, 5) is 24.7. The normalized spacial score (nSPS) is 10.1. The summed E-state index contributed by atoms with van der Waals surface area (Å²) in [6, 6.07) is 5.35. The number of nitrogens with zero attached hydrogens (tertiary/aromatic N) is 1. The van der Waals surface area contributed by atoms with Gasteiger partial charge in [-0.3, -0.25) is 4.79 Å². The van der Waals surface area contributed by atoms with E-state index < -0.39 is 5.97 Å². The smallest absolute Gasteiger partial charge is 0.333 e. The number of ether oxygens (including phenoxy) is 2. The summed E-state index contributed by atoms with van der Waals surface area (Å²) in [6.07, 6.45) is 0. The zero-order valence-corrected chi connectivity index (χ0v) is 14.4. The number of hydrogen-bond acceptors (Lipinski definition) is 6. The molecule has 0 aromatic heterocycles. The number of nitrogens with one attached hydrogen (secondary N) is 1. The number of nitrogen functional groups attached to an aromatic ring is 1. The molecule has 0 unspecified atom stereocenters. The van der Waals surface area contributed by atoms with Crippen LogP contribution in [0.15, 0.2) is 30.4 Å². The number of nitrogens with two attached hydrogens (primary N) is 1. The van der Waals surface area contributed by atoms with Crippen molar-refractivity contribution in [1.82, 2.24) is 0 Å². The highest BCUT2D eigenvalue weighted by Crippen LogP contribution is 2.25. The number of methoxy groups -OCH3 is 1. The highest BCUT2D eigenvalue weighted by molar-refractivity contribution is 5.93. The van der Waals surface area contributed by atoms with Gasteiger partial charge in [-0.05, 0) is 25.1 Å². The van der Waals surface area contributed by atoms with E-state index in [0.717, 1.165) is 5.69 Å². The minimum atomic E-state index is -0.419. The van der Waals surface area contributed by atoms with Crippen molar-refractivity contribution in [3.63, 3.8) is 0 Å². The first-order valence-electron chi connectivity index (χ1n) is 7.58. The SMILES string of the molecule is C=C(C)C(=O)OCCN(CCOC)c1ccc(N)c(NC(C)=O)c1. The Hall–Kier alpha value is -2.54. The zero-order chi connectivity index (χ0) is 18.1. The molecule has 132 valence electrons. The number of rotatable bonds is 9. The summed E-state index contributed by atoms with van der Waals surface area (Å²) in [5, 5.41) is 2.69. The van der Waals surface area contributed by atoms with E-state index in [1.807, 2.05) is 11.0 Å². The van der Waals surface area contributed by atoms with Crippen LogP contribution in [-0.2, 0) is 19.1 Å². The maximum Gasteiger partial charge on any atom is 0.333 e. The van der Waals surface area contributed by atoms with Gasteiger partial charge < -0.3 is 25.4 Å². The molecule has 0 spiro atoms. The number of esters is 1. The van der Waals surface area contributed by atoms with Gasteiger partial charge in [0.2, 0.25) is 5.91 Å². The van der Waals surface area contributed by atoms with Gasteiger partial charge >= 0.3 is 5.97 Å². The fourth-order valence-electron chi connectivity index (χ4n) is 1.98. The number of benzene rings is 1. The second kappa shape index (κ2) is 9.57. The van der Waals surface area contributed by atoms with Gasteiger partial charge in [0.15, 0.2) is 0 Å². The van der Waals surface area contributed by atoms with Crippen molar-refractivity contribution in [2.24, 2.45) is 0 Å². The third-order valence-corrected chi connectivity index (χ3v) is 3.22. The molecule has 1 aromatic rings. The van der Waals surface area contributed by atoms with Crippen LogP contribution in [-0.4, -0.2) is 45.3 Å². The molecule has 0 radical (unpaired) electrons. The monoisotopic (exact) mass is 335 g/mol. The van der Waals surface area contributed by atoms with Crippen molar-refractivity contribution in [3.05, 3.63) is 30.4 Å². The van der Waals surface area contributed by atoms with Crippen molar-refractivity contribution in [1.29, 1.82) is 0 Å². The van der Waals surface area contributed by atoms with Crippen molar-refractivity contribution in [2.75, 3.05) is 49.4 Å². The van der Waals surface area contributed by atoms with Gasteiger partial charge in [0.05, 0.1) is 24.5 Å². The van der Waals surface area contributed by atoms with Crippen LogP contribution in [0.4, 0.5) is 17.1 Å². The van der Waals surface area contributed by atoms with Crippen molar-refractivity contribution < 1.29 is 19.1 Å². The predicted molar refractivity (Wildman–Crippen MR) is 95.0 cm³/mol. The second-order valence-corrected chi connectivity index (χ2v) is 5.35. The van der Waals surface area contributed by atoms with Gasteiger partial charge in [-0.15, -0.1) is 0 Å². The molecule has 1 amide bonds. The number of carbonyl (C=O) groups is 2. The first kappa shape index (κ1) is 19.5. The summed E-state index contributed by atoms with van der Waals surface area (Å²) in [6.45, 7) is 8.38. The van der Waals surface area contributed by atoms with Crippen molar-refractivity contribution in [3.8, 4) is 0 Å². The van der Waals surface area contributed by atoms with Crippen LogP contribution in [0.3, 0.4) is 0 Å². The Balaban J connectivity index is 2.84. The lowest BCUT2D eigenvalue weighted by Crippen LogP contribution is -2.31. The Bertz CT molecular complexity index is 601. The number of hydrogen-bond donors (Lipinski definition) is 2. The average Bonchev–Trinajstić information content (AvgIpc) is 2.52. The second-order valence-electron chi connectivity index (χ2n) is 5.35. The quantitative estimate of drug-likeness (QED) is 0.406. The molecular formula is C17H25N3O4. The van der Waals surface area contributed by atoms with Crippen molar-refractivity contribution >= 4 is 28.9 Å². The molecule has 0 aliphatic heterocycles. The van der Waals surface area contributed by atoms with Crippen LogP contribution in [0.1, 0.15) is 13.8 Å². The Labute approximate surface area is 142 Å². The van der Waals surface area contributed by atoms with Gasteiger partial charge in [0.1, 0.15) is 6.61 Å². The van der Waals surface area contributed by atoms with E-state index in [1.54, 1.807) is 26.2 Å². The minimum absolute atomic E-state index is 0.197. The average molecular weight is 335 g/mol. The first-order valence-corrected chi connectivity index (χ1v) is 7.58. The molecule has 0 fully saturated rings. The van der Waals surface area contributed by atoms with Gasteiger partial charge in [0.25, 0.3) is 0 Å². The molecule has 0 aliphatic rings. The molecule has 0 heterocycles. The Kier molecular flexibility index (Phi) is 7.77. The fourth-order valence-corrected chi connectivity index (χ4v) is 1.98. The van der Waals surface area contributed by atoms with E-state index in [4.69, 9.17) is 15.2 Å². The van der Waals surface area contributed by atoms with Crippen LogP contribution in [0.25, 0.3) is 0 Å². The van der Waals surface area contributed by atoms with E-state index in [-0.39, 0.29) is 12.5 Å². The highest BCUT2D eigenvalue weighted by atomic mass is 16.5. The Morgan fingerprint density at radius 3 is 2.50 bits per heavy atom. The lowest BCUT2D eigenvalue weighted by Gasteiger charge is -2.25. The summed E-state index contributed by atoms with van der Waals surface area (Å²) < 4.78 is 10.3. The molecule has 0 aliphatic carbocycles. The van der Waals surface area contributed by atoms with E-state index in [2.05, 4.69) is 11.9 Å². The van der Waals surface area contributed by atoms with Gasteiger partial charge in [-0.25, -0.2) is 4.79 Å². The zero-order valence-electron chi connectivity index (χ0n) is 14.4. The molecule has 7 nitrogen and oxygen atoms in total. The Morgan fingerprint density at radius 2 is 1.92 bits per heavy atom. The largest absolute Gasteiger partial charge is 0.460 e. The van der Waals surface area contributed by atoms with Gasteiger partial charge in [-0.2, -0.15) is 0 Å². The molecule has 0 bridgehead atoms. The number of carbonyl (C=O) groups excluding carboxylic acids is 2. The fraction of sp³-hybridized carbons (Fsp3) is 0.412. The summed E-state index contributed by atoms with van der Waals surface area (Å²) >= 11 is 0. The number of anilines is 3. The standard InChI is InChI=1S/C17H25N3O4/c1-12(2)17(22)24-10-8-20(7-9-23-4)14-5-6-15(18)16(11-14)19-13(3)21/h5-6,11H,1,7-10,18H2,2-4H3,(H,19,21). The molecule has 0 saturated carbocycles. The van der Waals surface area contributed by atoms with Crippen LogP contribution < -0.4 is 16.0 Å². The maximum atomic E-state index is 11.5. The van der Waals surface area contributed by atoms with Crippen LogP contribution in [0, 0.1) is 0 Å². The summed E-state index contributed by atoms with van der Waals surface area (Å²) in [5.74, 6) is -0.615. The molecule has 1 aromatic carbocycles. The van der Waals surface area contributed by atoms with Gasteiger partial charge in [0, 0.05) is 31.8 Å². The Morgan fingerprint density at radius 1 is 1.25 bits per heavy atom. The van der Waals surface area contributed by atoms with Gasteiger partial charge in [-0.1, -0.05) is 6.58 Å². The summed E-state index contributed by atoms with van der Waals surface area (Å²) in [7, 11) is 1.62. The molecular weight excluding hydrogens is 310 g/mol. The molecule has 3 N–H and O–H groups in total. The van der Waals surface area contributed by atoms with E-state index in [9.17, 15) is 9.59 Å². The first-order chi connectivity index (χ1) is 11.3. The maximum absolute atomic E-state index is 11.5. The molecule has 24 heavy (non-hydrogen) atoms.